The first-order chi connectivity index (χ1) is 5.34. The Kier molecular flexibility index (Phi) is 2.96. The molecule has 1 nitrogen and oxygen atoms in total. The number of benzene rings is 1. The smallest absolute Gasteiger partial charge is 0.0889 e. The molecule has 0 atom stereocenters. The number of hydrogen-bond acceptors (Lipinski definition) is 0. The SMILES string of the molecule is CCCCc1ccccc1[N]. The maximum Gasteiger partial charge on any atom is 0.0889 e. The molecule has 0 aromatic heterocycles. The van der Waals surface area contributed by atoms with E-state index < -0.39 is 0 Å². The van der Waals surface area contributed by atoms with Crippen LogP contribution in [0.1, 0.15) is 25.3 Å². The number of hydrogen-bond donors (Lipinski definition) is 0. The highest BCUT2D eigenvalue weighted by Crippen LogP contribution is 2.14. The molecular formula is C10H13N. The Bertz CT molecular complexity index is 218. The zero-order chi connectivity index (χ0) is 8.10. The van der Waals surface area contributed by atoms with Gasteiger partial charge in [-0.05, 0) is 24.5 Å². The monoisotopic (exact) mass is 147 g/mol. The Morgan fingerprint density at radius 1 is 1.27 bits per heavy atom. The summed E-state index contributed by atoms with van der Waals surface area (Å²) < 4.78 is 0. The first kappa shape index (κ1) is 8.12. The zero-order valence-corrected chi connectivity index (χ0v) is 6.88. The van der Waals surface area contributed by atoms with Crippen LogP contribution in [0, 0.1) is 0 Å². The van der Waals surface area contributed by atoms with Crippen molar-refractivity contribution in [3.63, 3.8) is 0 Å². The molecule has 0 unspecified atom stereocenters. The third kappa shape index (κ3) is 2.26. The van der Waals surface area contributed by atoms with Gasteiger partial charge in [0.25, 0.3) is 0 Å². The molecule has 2 radical (unpaired) electrons. The summed E-state index contributed by atoms with van der Waals surface area (Å²) >= 11 is 0. The van der Waals surface area contributed by atoms with Gasteiger partial charge >= 0.3 is 0 Å². The van der Waals surface area contributed by atoms with Gasteiger partial charge in [0.15, 0.2) is 0 Å². The lowest BCUT2D eigenvalue weighted by atomic mass is 10.1. The van der Waals surface area contributed by atoms with Gasteiger partial charge in [0.2, 0.25) is 0 Å². The average molecular weight is 147 g/mol. The summed E-state index contributed by atoms with van der Waals surface area (Å²) in [6.07, 6.45) is 3.31. The molecule has 0 spiro atoms. The van der Waals surface area contributed by atoms with E-state index in [4.69, 9.17) is 0 Å². The van der Waals surface area contributed by atoms with Crippen LogP contribution in [0.5, 0.6) is 0 Å². The Hall–Kier alpha value is -0.980. The van der Waals surface area contributed by atoms with E-state index in [0.29, 0.717) is 5.69 Å². The lowest BCUT2D eigenvalue weighted by molar-refractivity contribution is 0.795. The fourth-order valence-electron chi connectivity index (χ4n) is 1.09. The fraction of sp³-hybridized carbons (Fsp3) is 0.400. The van der Waals surface area contributed by atoms with Crippen molar-refractivity contribution in [3.05, 3.63) is 29.8 Å². The van der Waals surface area contributed by atoms with Gasteiger partial charge in [-0.3, -0.25) is 0 Å². The van der Waals surface area contributed by atoms with Gasteiger partial charge < -0.3 is 0 Å². The van der Waals surface area contributed by atoms with Gasteiger partial charge in [0.1, 0.15) is 0 Å². The summed E-state index contributed by atoms with van der Waals surface area (Å²) in [7, 11) is 0. The van der Waals surface area contributed by atoms with Gasteiger partial charge in [-0.15, -0.1) is 0 Å². The van der Waals surface area contributed by atoms with Gasteiger partial charge in [-0.2, -0.15) is 5.73 Å². The quantitative estimate of drug-likeness (QED) is 0.627. The predicted octanol–water partition coefficient (Wildman–Crippen LogP) is 2.73. The van der Waals surface area contributed by atoms with E-state index in [1.165, 1.54) is 6.42 Å². The Labute approximate surface area is 68.2 Å². The molecule has 1 aromatic carbocycles. The summed E-state index contributed by atoms with van der Waals surface area (Å²) in [5, 5.41) is 0. The third-order valence-corrected chi connectivity index (χ3v) is 1.79. The van der Waals surface area contributed by atoms with Crippen molar-refractivity contribution in [3.8, 4) is 0 Å². The highest BCUT2D eigenvalue weighted by Gasteiger charge is 1.96. The van der Waals surface area contributed by atoms with Crippen LogP contribution in [-0.4, -0.2) is 0 Å². The predicted molar refractivity (Wildman–Crippen MR) is 46.8 cm³/mol. The highest BCUT2D eigenvalue weighted by atomic mass is 14.6. The van der Waals surface area contributed by atoms with E-state index in [9.17, 15) is 5.73 Å². The van der Waals surface area contributed by atoms with E-state index in [0.717, 1.165) is 18.4 Å². The number of aryl methyl sites for hydroxylation is 1. The van der Waals surface area contributed by atoms with E-state index in [-0.39, 0.29) is 0 Å². The summed E-state index contributed by atoms with van der Waals surface area (Å²) in [5.41, 5.74) is 10.8. The molecule has 0 fully saturated rings. The molecule has 0 aliphatic heterocycles. The molecule has 1 rings (SSSR count). The van der Waals surface area contributed by atoms with Crippen LogP contribution >= 0.6 is 0 Å². The molecule has 0 N–H and O–H groups in total. The molecule has 0 aliphatic carbocycles. The molecule has 58 valence electrons. The number of nitrogens with zero attached hydrogens (tertiary/aromatic N) is 1. The first-order valence-electron chi connectivity index (χ1n) is 4.11. The molecule has 0 aliphatic rings. The molecule has 0 saturated carbocycles. The number of unbranched alkanes of at least 4 members (excludes halogenated alkanes) is 1. The van der Waals surface area contributed by atoms with Crippen LogP contribution in [0.4, 0.5) is 5.69 Å². The molecule has 1 aromatic rings. The van der Waals surface area contributed by atoms with Crippen LogP contribution in [0.2, 0.25) is 0 Å². The van der Waals surface area contributed by atoms with Gasteiger partial charge in [-0.1, -0.05) is 31.5 Å². The fourth-order valence-corrected chi connectivity index (χ4v) is 1.09. The summed E-state index contributed by atoms with van der Waals surface area (Å²) in [6, 6.07) is 7.53. The lowest BCUT2D eigenvalue weighted by Crippen LogP contribution is -1.85. The highest BCUT2D eigenvalue weighted by molar-refractivity contribution is 5.42. The van der Waals surface area contributed by atoms with Crippen molar-refractivity contribution in [2.45, 2.75) is 26.2 Å². The van der Waals surface area contributed by atoms with Crippen LogP contribution in [0.25, 0.3) is 0 Å². The molecule has 0 amide bonds. The first-order valence-corrected chi connectivity index (χ1v) is 4.11. The summed E-state index contributed by atoms with van der Waals surface area (Å²) in [4.78, 5) is 0. The van der Waals surface area contributed by atoms with Gasteiger partial charge in [-0.25, -0.2) is 0 Å². The minimum atomic E-state index is 0.431. The second-order valence-electron chi connectivity index (χ2n) is 2.73. The zero-order valence-electron chi connectivity index (χ0n) is 6.88. The second kappa shape index (κ2) is 4.02. The molecule has 11 heavy (non-hydrogen) atoms. The summed E-state index contributed by atoms with van der Waals surface area (Å²) in [5.74, 6) is 0. The minimum absolute atomic E-state index is 0.431. The lowest BCUT2D eigenvalue weighted by Gasteiger charge is -2.00. The summed E-state index contributed by atoms with van der Waals surface area (Å²) in [6.45, 7) is 2.15. The Morgan fingerprint density at radius 2 is 2.00 bits per heavy atom. The molecule has 0 bridgehead atoms. The molecular weight excluding hydrogens is 134 g/mol. The van der Waals surface area contributed by atoms with Crippen molar-refractivity contribution in [1.29, 1.82) is 0 Å². The third-order valence-electron chi connectivity index (χ3n) is 1.79. The average Bonchev–Trinajstić information content (AvgIpc) is 2.03. The second-order valence-corrected chi connectivity index (χ2v) is 2.73. The number of rotatable bonds is 3. The maximum absolute atomic E-state index is 9.34. The Balaban J connectivity index is 2.62. The molecule has 1 heteroatoms. The molecule has 0 heterocycles. The topological polar surface area (TPSA) is 22.3 Å². The molecule has 0 saturated heterocycles. The standard InChI is InChI=1S/C10H13N/c1-2-3-6-9-7-4-5-8-10(9)11/h4-5,7-8H,2-3,6H2,1H3. The van der Waals surface area contributed by atoms with Gasteiger partial charge in [0, 0.05) is 0 Å². The van der Waals surface area contributed by atoms with Crippen LogP contribution in [0.3, 0.4) is 0 Å². The normalized spacial score (nSPS) is 9.91. The van der Waals surface area contributed by atoms with Gasteiger partial charge in [0.05, 0.1) is 5.69 Å². The largest absolute Gasteiger partial charge is 0.150 e. The van der Waals surface area contributed by atoms with E-state index >= 15 is 0 Å². The van der Waals surface area contributed by atoms with Crippen molar-refractivity contribution in [2.75, 3.05) is 0 Å². The minimum Gasteiger partial charge on any atom is -0.150 e. The maximum atomic E-state index is 9.34. The van der Waals surface area contributed by atoms with Crippen molar-refractivity contribution in [1.82, 2.24) is 5.73 Å². The van der Waals surface area contributed by atoms with E-state index in [1.54, 1.807) is 6.07 Å². The Morgan fingerprint density at radius 3 is 2.64 bits per heavy atom. The van der Waals surface area contributed by atoms with Crippen LogP contribution < -0.4 is 5.73 Å². The van der Waals surface area contributed by atoms with Crippen molar-refractivity contribution < 1.29 is 0 Å². The van der Waals surface area contributed by atoms with Crippen molar-refractivity contribution >= 4 is 5.69 Å². The van der Waals surface area contributed by atoms with Crippen LogP contribution in [0.15, 0.2) is 24.3 Å². The van der Waals surface area contributed by atoms with Crippen LogP contribution in [-0.2, 0) is 6.42 Å². The van der Waals surface area contributed by atoms with E-state index in [2.05, 4.69) is 6.92 Å². The van der Waals surface area contributed by atoms with Crippen molar-refractivity contribution in [2.24, 2.45) is 0 Å². The van der Waals surface area contributed by atoms with E-state index in [1.807, 2.05) is 18.2 Å².